The lowest BCUT2D eigenvalue weighted by atomic mass is 10.2. The highest BCUT2D eigenvalue weighted by atomic mass is 16.3. The van der Waals surface area contributed by atoms with E-state index in [1.165, 1.54) is 5.69 Å². The van der Waals surface area contributed by atoms with Crippen LogP contribution < -0.4 is 15.5 Å². The molecule has 6 nitrogen and oxygen atoms in total. The predicted octanol–water partition coefficient (Wildman–Crippen LogP) is 1.76. The molecule has 2 heterocycles. The summed E-state index contributed by atoms with van der Waals surface area (Å²) in [6.45, 7) is 4.95. The summed E-state index contributed by atoms with van der Waals surface area (Å²) in [4.78, 5) is 16.6. The van der Waals surface area contributed by atoms with E-state index in [0.717, 1.165) is 37.6 Å². The molecule has 2 aromatic rings. The van der Waals surface area contributed by atoms with Crippen molar-refractivity contribution in [1.29, 1.82) is 0 Å². The van der Waals surface area contributed by atoms with Crippen molar-refractivity contribution in [3.8, 4) is 0 Å². The van der Waals surface area contributed by atoms with Crippen LogP contribution in [0.25, 0.3) is 0 Å². The summed E-state index contributed by atoms with van der Waals surface area (Å²) in [7, 11) is 2.15. The molecule has 0 spiro atoms. The molecule has 3 rings (SSSR count). The zero-order valence-electron chi connectivity index (χ0n) is 14.0. The Bertz CT molecular complexity index is 632. The molecular formula is C18H24N4O2. The second-order valence-corrected chi connectivity index (χ2v) is 6.05. The molecule has 6 heteroatoms. The van der Waals surface area contributed by atoms with Gasteiger partial charge in [0.15, 0.2) is 0 Å². The van der Waals surface area contributed by atoms with Crippen LogP contribution in [0.5, 0.6) is 0 Å². The molecule has 0 saturated carbocycles. The average Bonchev–Trinajstić information content (AvgIpc) is 3.13. The van der Waals surface area contributed by atoms with E-state index in [9.17, 15) is 4.79 Å². The van der Waals surface area contributed by atoms with Crippen molar-refractivity contribution in [1.82, 2.24) is 10.2 Å². The maximum atomic E-state index is 11.8. The van der Waals surface area contributed by atoms with Crippen LogP contribution in [0.3, 0.4) is 0 Å². The van der Waals surface area contributed by atoms with E-state index in [1.54, 1.807) is 6.26 Å². The molecule has 1 fully saturated rings. The van der Waals surface area contributed by atoms with Crippen LogP contribution in [-0.4, -0.2) is 50.6 Å². The van der Waals surface area contributed by atoms with Crippen LogP contribution in [-0.2, 0) is 11.3 Å². The molecule has 0 atom stereocenters. The average molecular weight is 328 g/mol. The number of hydrogen-bond donors (Lipinski definition) is 2. The van der Waals surface area contributed by atoms with E-state index >= 15 is 0 Å². The van der Waals surface area contributed by atoms with Crippen molar-refractivity contribution < 1.29 is 9.21 Å². The van der Waals surface area contributed by atoms with Crippen molar-refractivity contribution in [2.45, 2.75) is 6.54 Å². The first-order valence-corrected chi connectivity index (χ1v) is 8.27. The first-order valence-electron chi connectivity index (χ1n) is 8.27. The van der Waals surface area contributed by atoms with Gasteiger partial charge < -0.3 is 24.9 Å². The molecule has 1 saturated heterocycles. The Morgan fingerprint density at radius 1 is 1.12 bits per heavy atom. The molecule has 1 aliphatic heterocycles. The Hall–Kier alpha value is -2.47. The third kappa shape index (κ3) is 4.52. The minimum atomic E-state index is -0.0606. The Morgan fingerprint density at radius 3 is 2.54 bits per heavy atom. The van der Waals surface area contributed by atoms with Gasteiger partial charge in [0.05, 0.1) is 19.4 Å². The number of furan rings is 1. The van der Waals surface area contributed by atoms with Gasteiger partial charge in [-0.1, -0.05) is 0 Å². The fraction of sp³-hybridized carbons (Fsp3) is 0.389. The Labute approximate surface area is 142 Å². The number of hydrogen-bond acceptors (Lipinski definition) is 5. The Morgan fingerprint density at radius 2 is 1.88 bits per heavy atom. The Kier molecular flexibility index (Phi) is 5.38. The summed E-state index contributed by atoms with van der Waals surface area (Å²) in [5.41, 5.74) is 2.18. The monoisotopic (exact) mass is 328 g/mol. The summed E-state index contributed by atoms with van der Waals surface area (Å²) in [6.07, 6.45) is 1.60. The van der Waals surface area contributed by atoms with Gasteiger partial charge in [0.2, 0.25) is 5.91 Å². The van der Waals surface area contributed by atoms with Gasteiger partial charge in [-0.15, -0.1) is 0 Å². The maximum absolute atomic E-state index is 11.8. The lowest BCUT2D eigenvalue weighted by molar-refractivity contribution is -0.119. The van der Waals surface area contributed by atoms with E-state index in [0.29, 0.717) is 6.54 Å². The fourth-order valence-electron chi connectivity index (χ4n) is 2.70. The topological polar surface area (TPSA) is 60.8 Å². The fourth-order valence-corrected chi connectivity index (χ4v) is 2.70. The van der Waals surface area contributed by atoms with Crippen LogP contribution in [0, 0.1) is 0 Å². The third-order valence-electron chi connectivity index (χ3n) is 4.23. The molecule has 24 heavy (non-hydrogen) atoms. The summed E-state index contributed by atoms with van der Waals surface area (Å²) in [5, 5.41) is 5.96. The lowest BCUT2D eigenvalue weighted by Gasteiger charge is -2.34. The molecule has 1 aliphatic rings. The number of nitrogens with one attached hydrogen (secondary N) is 2. The lowest BCUT2D eigenvalue weighted by Crippen LogP contribution is -2.44. The summed E-state index contributed by atoms with van der Waals surface area (Å²) < 4.78 is 5.18. The molecule has 1 aromatic heterocycles. The summed E-state index contributed by atoms with van der Waals surface area (Å²) in [5.74, 6) is 0.689. The molecule has 2 N–H and O–H groups in total. The summed E-state index contributed by atoms with van der Waals surface area (Å²) in [6, 6.07) is 11.9. The van der Waals surface area contributed by atoms with Gasteiger partial charge in [-0.3, -0.25) is 4.79 Å². The maximum Gasteiger partial charge on any atom is 0.239 e. The number of nitrogens with zero attached hydrogens (tertiary/aromatic N) is 2. The molecule has 0 aliphatic carbocycles. The van der Waals surface area contributed by atoms with Gasteiger partial charge in [0.1, 0.15) is 5.76 Å². The normalized spacial score (nSPS) is 15.3. The zero-order valence-corrected chi connectivity index (χ0v) is 14.0. The third-order valence-corrected chi connectivity index (χ3v) is 4.23. The molecule has 1 aromatic carbocycles. The second kappa shape index (κ2) is 7.88. The van der Waals surface area contributed by atoms with Crippen LogP contribution in [0.15, 0.2) is 47.1 Å². The van der Waals surface area contributed by atoms with Crippen molar-refractivity contribution in [2.24, 2.45) is 0 Å². The number of benzene rings is 1. The van der Waals surface area contributed by atoms with Gasteiger partial charge >= 0.3 is 0 Å². The minimum Gasteiger partial charge on any atom is -0.467 e. The zero-order chi connectivity index (χ0) is 16.8. The molecule has 0 bridgehead atoms. The van der Waals surface area contributed by atoms with Crippen molar-refractivity contribution in [3.63, 3.8) is 0 Å². The molecule has 0 unspecified atom stereocenters. The first kappa shape index (κ1) is 16.4. The highest BCUT2D eigenvalue weighted by molar-refractivity contribution is 5.80. The SMILES string of the molecule is CN1CCN(c2ccc(NCC(=O)NCc3ccco3)cc2)CC1. The van der Waals surface area contributed by atoms with Crippen LogP contribution in [0.2, 0.25) is 0 Å². The van der Waals surface area contributed by atoms with Crippen molar-refractivity contribution in [3.05, 3.63) is 48.4 Å². The highest BCUT2D eigenvalue weighted by Crippen LogP contribution is 2.19. The predicted molar refractivity (Wildman–Crippen MR) is 95.2 cm³/mol. The highest BCUT2D eigenvalue weighted by Gasteiger charge is 2.13. The number of anilines is 2. The minimum absolute atomic E-state index is 0.0606. The number of carbonyl (C=O) groups excluding carboxylic acids is 1. The standard InChI is InChI=1S/C18H24N4O2/c1-21-8-10-22(11-9-21)16-6-4-15(5-7-16)19-14-18(23)20-13-17-3-2-12-24-17/h2-7,12,19H,8-11,13-14H2,1H3,(H,20,23). The number of amides is 1. The van der Waals surface area contributed by atoms with E-state index < -0.39 is 0 Å². The van der Waals surface area contributed by atoms with Gasteiger partial charge in [-0.05, 0) is 43.4 Å². The van der Waals surface area contributed by atoms with E-state index in [1.807, 2.05) is 24.3 Å². The second-order valence-electron chi connectivity index (χ2n) is 6.05. The van der Waals surface area contributed by atoms with Crippen LogP contribution in [0.4, 0.5) is 11.4 Å². The number of piperazine rings is 1. The van der Waals surface area contributed by atoms with E-state index in [2.05, 4.69) is 39.6 Å². The van der Waals surface area contributed by atoms with Crippen LogP contribution in [0.1, 0.15) is 5.76 Å². The molecule has 1 amide bonds. The number of carbonyl (C=O) groups is 1. The Balaban J connectivity index is 1.43. The van der Waals surface area contributed by atoms with Gasteiger partial charge in [-0.2, -0.15) is 0 Å². The number of rotatable bonds is 6. The van der Waals surface area contributed by atoms with Gasteiger partial charge in [-0.25, -0.2) is 0 Å². The van der Waals surface area contributed by atoms with E-state index in [-0.39, 0.29) is 12.5 Å². The quantitative estimate of drug-likeness (QED) is 0.846. The molecule has 0 radical (unpaired) electrons. The summed E-state index contributed by atoms with van der Waals surface area (Å²) >= 11 is 0. The van der Waals surface area contributed by atoms with Crippen LogP contribution >= 0.6 is 0 Å². The van der Waals surface area contributed by atoms with Gasteiger partial charge in [0, 0.05) is 37.6 Å². The van der Waals surface area contributed by atoms with Crippen molar-refractivity contribution >= 4 is 17.3 Å². The molecule has 128 valence electrons. The van der Waals surface area contributed by atoms with Crippen molar-refractivity contribution in [2.75, 3.05) is 50.0 Å². The first-order chi connectivity index (χ1) is 11.7. The smallest absolute Gasteiger partial charge is 0.239 e. The molecular weight excluding hydrogens is 304 g/mol. The van der Waals surface area contributed by atoms with Gasteiger partial charge in [0.25, 0.3) is 0 Å². The van der Waals surface area contributed by atoms with E-state index in [4.69, 9.17) is 4.42 Å². The largest absolute Gasteiger partial charge is 0.467 e. The number of likely N-dealkylation sites (N-methyl/N-ethyl adjacent to an activating group) is 1.